The number of ether oxygens (including phenoxy) is 2. The molecule has 218 valence electrons. The lowest BCUT2D eigenvalue weighted by Gasteiger charge is -2.38. The van der Waals surface area contributed by atoms with Crippen LogP contribution in [0.15, 0.2) is 46.7 Å². The number of rotatable bonds is 7. The van der Waals surface area contributed by atoms with Crippen molar-refractivity contribution in [2.45, 2.75) is 75.6 Å². The second kappa shape index (κ2) is 12.9. The van der Waals surface area contributed by atoms with Crippen LogP contribution in [0.25, 0.3) is 0 Å². The number of hydrogen-bond donors (Lipinski definition) is 4. The Morgan fingerprint density at radius 1 is 1.07 bits per heavy atom. The van der Waals surface area contributed by atoms with Crippen LogP contribution in [0.2, 0.25) is 0 Å². The van der Waals surface area contributed by atoms with Crippen molar-refractivity contribution in [1.82, 2.24) is 20.4 Å². The molecular weight excluding hydrogens is 506 g/mol. The highest BCUT2D eigenvalue weighted by molar-refractivity contribution is 5.46. The Morgan fingerprint density at radius 2 is 1.88 bits per heavy atom. The van der Waals surface area contributed by atoms with Crippen LogP contribution in [-0.2, 0) is 9.47 Å². The van der Waals surface area contributed by atoms with Crippen molar-refractivity contribution >= 4 is 0 Å². The molecule has 0 saturated carbocycles. The summed E-state index contributed by atoms with van der Waals surface area (Å²) in [7, 11) is 0. The fourth-order valence-electron chi connectivity index (χ4n) is 7.41. The number of hydrogen-bond acceptors (Lipinski definition) is 9. The minimum atomic E-state index is -0.795. The zero-order valence-electron chi connectivity index (χ0n) is 23.5. The van der Waals surface area contributed by atoms with Gasteiger partial charge in [-0.15, -0.1) is 0 Å². The molecule has 2 aliphatic carbocycles. The average Bonchev–Trinajstić information content (AvgIpc) is 3.46. The van der Waals surface area contributed by atoms with Crippen molar-refractivity contribution in [1.29, 1.82) is 5.26 Å². The average molecular weight is 552 g/mol. The lowest BCUT2D eigenvalue weighted by Crippen LogP contribution is -2.47. The van der Waals surface area contributed by atoms with Gasteiger partial charge in [0.1, 0.15) is 6.23 Å². The summed E-state index contributed by atoms with van der Waals surface area (Å²) in [6, 6.07) is 3.19. The molecule has 2 fully saturated rings. The highest BCUT2D eigenvalue weighted by Gasteiger charge is 2.38. The highest BCUT2D eigenvalue weighted by Crippen LogP contribution is 2.40. The molecule has 40 heavy (non-hydrogen) atoms. The SMILES string of the molecule is N#C[C@@H]1CC(C2=CCNC3NC(C4=CCC(N5CCOCC5)CC4)=C[C@H]23)=CCC1OC1CCN([C@H](O)CO)CC1. The standard InChI is InChI=1S/C31H45N5O4/c32-19-23-17-22(3-6-29(23)40-25-8-11-36(12-9-25)30(38)20-37)26-7-10-33-31-27(26)18-28(34-31)21-1-4-24(5-2-21)35-13-15-39-16-14-35/h1,3,7,18,23-25,27,29-31,33-34,37-38H,2,4-6,8-17,20H2/t23-,24?,27+,29?,30+,31?/m0/s1. The number of likely N-dealkylation sites (tertiary alicyclic amines) is 1. The van der Waals surface area contributed by atoms with Crippen molar-refractivity contribution in [2.75, 3.05) is 52.5 Å². The molecule has 0 aromatic heterocycles. The van der Waals surface area contributed by atoms with Gasteiger partial charge < -0.3 is 25.0 Å². The molecule has 4 N–H and O–H groups in total. The summed E-state index contributed by atoms with van der Waals surface area (Å²) >= 11 is 0. The van der Waals surface area contributed by atoms with E-state index in [1.165, 1.54) is 28.8 Å². The van der Waals surface area contributed by atoms with Crippen LogP contribution in [-0.4, -0.2) is 103 Å². The molecule has 9 heteroatoms. The van der Waals surface area contributed by atoms with Crippen molar-refractivity contribution in [3.05, 3.63) is 46.7 Å². The third-order valence-corrected chi connectivity index (χ3v) is 9.78. The fourth-order valence-corrected chi connectivity index (χ4v) is 7.41. The van der Waals surface area contributed by atoms with E-state index in [1.807, 2.05) is 4.90 Å². The lowest BCUT2D eigenvalue weighted by molar-refractivity contribution is -0.0945. The number of aliphatic hydroxyl groups is 2. The first-order chi connectivity index (χ1) is 19.6. The molecular formula is C31H45N5O4. The Hall–Kier alpha value is -2.03. The van der Waals surface area contributed by atoms with Gasteiger partial charge in [0.2, 0.25) is 0 Å². The molecule has 0 radical (unpaired) electrons. The van der Waals surface area contributed by atoms with E-state index in [-0.39, 0.29) is 36.8 Å². The van der Waals surface area contributed by atoms with Gasteiger partial charge in [-0.3, -0.25) is 15.1 Å². The molecule has 4 aliphatic heterocycles. The maximum absolute atomic E-state index is 10.1. The second-order valence-corrected chi connectivity index (χ2v) is 12.1. The van der Waals surface area contributed by atoms with E-state index in [0.29, 0.717) is 19.1 Å². The van der Waals surface area contributed by atoms with E-state index < -0.39 is 6.23 Å². The van der Waals surface area contributed by atoms with Gasteiger partial charge in [0.15, 0.2) is 0 Å². The van der Waals surface area contributed by atoms with Gasteiger partial charge >= 0.3 is 0 Å². The first kappa shape index (κ1) is 28.1. The van der Waals surface area contributed by atoms with E-state index in [1.54, 1.807) is 0 Å². The molecule has 6 atom stereocenters. The molecule has 0 amide bonds. The normalized spacial score (nSPS) is 35.0. The number of morpholine rings is 1. The Labute approximate surface area is 238 Å². The van der Waals surface area contributed by atoms with Crippen LogP contribution < -0.4 is 10.6 Å². The first-order valence-electron chi connectivity index (χ1n) is 15.3. The van der Waals surface area contributed by atoms with E-state index in [9.17, 15) is 15.5 Å². The molecule has 0 bridgehead atoms. The Morgan fingerprint density at radius 3 is 2.60 bits per heavy atom. The third kappa shape index (κ3) is 6.09. The van der Waals surface area contributed by atoms with Crippen molar-refractivity contribution in [3.63, 3.8) is 0 Å². The zero-order valence-corrected chi connectivity index (χ0v) is 23.5. The molecule has 9 nitrogen and oxygen atoms in total. The number of nitrogens with zero attached hydrogens (tertiary/aromatic N) is 3. The number of allylic oxidation sites excluding steroid dienone is 2. The largest absolute Gasteiger partial charge is 0.392 e. The van der Waals surface area contributed by atoms with Gasteiger partial charge in [0.25, 0.3) is 0 Å². The smallest absolute Gasteiger partial charge is 0.130 e. The van der Waals surface area contributed by atoms with Gasteiger partial charge in [-0.1, -0.05) is 24.3 Å². The van der Waals surface area contributed by atoms with Crippen LogP contribution in [0.5, 0.6) is 0 Å². The van der Waals surface area contributed by atoms with Gasteiger partial charge in [-0.2, -0.15) is 5.26 Å². The quantitative estimate of drug-likeness (QED) is 0.376. The predicted octanol–water partition coefficient (Wildman–Crippen LogP) is 1.78. The van der Waals surface area contributed by atoms with E-state index in [4.69, 9.17) is 9.47 Å². The Bertz CT molecular complexity index is 1070. The Balaban J connectivity index is 1.08. The van der Waals surface area contributed by atoms with Crippen LogP contribution in [0.4, 0.5) is 0 Å². The van der Waals surface area contributed by atoms with Gasteiger partial charge in [-0.25, -0.2) is 0 Å². The highest BCUT2D eigenvalue weighted by atomic mass is 16.5. The van der Waals surface area contributed by atoms with Gasteiger partial charge in [0.05, 0.1) is 50.2 Å². The molecule has 0 aromatic carbocycles. The molecule has 6 rings (SSSR count). The fraction of sp³-hybridized carbons (Fsp3) is 0.710. The Kier molecular flexibility index (Phi) is 9.04. The van der Waals surface area contributed by atoms with Crippen LogP contribution in [0, 0.1) is 23.2 Å². The maximum Gasteiger partial charge on any atom is 0.130 e. The van der Waals surface area contributed by atoms with Crippen molar-refractivity contribution in [2.24, 2.45) is 11.8 Å². The predicted molar refractivity (Wildman–Crippen MR) is 152 cm³/mol. The summed E-state index contributed by atoms with van der Waals surface area (Å²) in [6.45, 7) is 5.80. The molecule has 0 spiro atoms. The van der Waals surface area contributed by atoms with Crippen LogP contribution in [0.3, 0.4) is 0 Å². The number of nitrogens with one attached hydrogen (secondary N) is 2. The molecule has 2 saturated heterocycles. The number of piperidine rings is 1. The van der Waals surface area contributed by atoms with Crippen molar-refractivity contribution < 1.29 is 19.7 Å². The summed E-state index contributed by atoms with van der Waals surface area (Å²) in [5.41, 5.74) is 5.38. The summed E-state index contributed by atoms with van der Waals surface area (Å²) in [4.78, 5) is 4.49. The topological polar surface area (TPSA) is 113 Å². The summed E-state index contributed by atoms with van der Waals surface area (Å²) in [5.74, 6) is 0.109. The lowest BCUT2D eigenvalue weighted by atomic mass is 9.78. The van der Waals surface area contributed by atoms with Gasteiger partial charge in [0, 0.05) is 50.4 Å². The second-order valence-electron chi connectivity index (χ2n) is 12.1. The molecule has 6 aliphatic rings. The number of nitriles is 1. The van der Waals surface area contributed by atoms with Crippen LogP contribution in [0.1, 0.15) is 44.9 Å². The van der Waals surface area contributed by atoms with E-state index >= 15 is 0 Å². The summed E-state index contributed by atoms with van der Waals surface area (Å²) < 4.78 is 12.0. The molecule has 3 unspecified atom stereocenters. The monoisotopic (exact) mass is 551 g/mol. The number of fused-ring (bicyclic) bond motifs is 1. The van der Waals surface area contributed by atoms with E-state index in [2.05, 4.69) is 45.9 Å². The van der Waals surface area contributed by atoms with Crippen LogP contribution >= 0.6 is 0 Å². The van der Waals surface area contributed by atoms with E-state index in [0.717, 1.165) is 71.4 Å². The maximum atomic E-state index is 10.1. The molecule has 0 aromatic rings. The molecule has 4 heterocycles. The third-order valence-electron chi connectivity index (χ3n) is 9.78. The van der Waals surface area contributed by atoms with Crippen molar-refractivity contribution in [3.8, 4) is 6.07 Å². The van der Waals surface area contributed by atoms with Gasteiger partial charge in [-0.05, 0) is 61.7 Å². The minimum Gasteiger partial charge on any atom is -0.392 e. The summed E-state index contributed by atoms with van der Waals surface area (Å²) in [5, 5.41) is 36.6. The minimum absolute atomic E-state index is 0.0919. The number of aliphatic hydroxyl groups excluding tert-OH is 2. The first-order valence-corrected chi connectivity index (χ1v) is 15.3. The summed E-state index contributed by atoms with van der Waals surface area (Å²) in [6.07, 6.45) is 15.4. The zero-order chi connectivity index (χ0) is 27.5.